The summed E-state index contributed by atoms with van der Waals surface area (Å²) in [7, 11) is 4.36. The Kier molecular flexibility index (Phi) is 9.07. The number of aryl methyl sites for hydroxylation is 1. The number of methoxy groups -OCH3 is 1. The number of nitrogens with one attached hydrogen (secondary N) is 2. The van der Waals surface area contributed by atoms with Crippen molar-refractivity contribution >= 4 is 23.2 Å². The molecule has 11 heteroatoms. The number of nitrogens with zero attached hydrogens (tertiary/aromatic N) is 3. The quantitative estimate of drug-likeness (QED) is 0.278. The number of anilines is 1. The first-order valence-corrected chi connectivity index (χ1v) is 13.3. The second kappa shape index (κ2) is 12.5. The molecule has 2 aromatic heterocycles. The second-order valence-corrected chi connectivity index (χ2v) is 10.1. The van der Waals surface area contributed by atoms with Crippen molar-refractivity contribution in [3.63, 3.8) is 0 Å². The predicted octanol–water partition coefficient (Wildman–Crippen LogP) is 3.51. The first-order chi connectivity index (χ1) is 19.6. The van der Waals surface area contributed by atoms with Gasteiger partial charge in [-0.3, -0.25) is 14.2 Å². The van der Waals surface area contributed by atoms with E-state index in [4.69, 9.17) is 16.3 Å². The van der Waals surface area contributed by atoms with Crippen molar-refractivity contribution in [1.29, 1.82) is 0 Å². The van der Waals surface area contributed by atoms with Gasteiger partial charge in [-0.1, -0.05) is 48.0 Å². The number of benzene rings is 2. The molecular formula is C30H32ClN5O5. The average molecular weight is 578 g/mol. The van der Waals surface area contributed by atoms with Crippen molar-refractivity contribution in [1.82, 2.24) is 19.4 Å². The molecule has 0 bridgehead atoms. The van der Waals surface area contributed by atoms with Gasteiger partial charge in [0, 0.05) is 55.3 Å². The third-order valence-corrected chi connectivity index (χ3v) is 7.29. The van der Waals surface area contributed by atoms with Crippen LogP contribution >= 0.6 is 11.6 Å². The molecule has 0 spiro atoms. The molecule has 0 aliphatic heterocycles. The number of carbonyl (C=O) groups excluding carboxylic acids is 1. The van der Waals surface area contributed by atoms with E-state index in [0.29, 0.717) is 34.4 Å². The van der Waals surface area contributed by atoms with Gasteiger partial charge in [0.2, 0.25) is 5.88 Å². The van der Waals surface area contributed by atoms with E-state index in [-0.39, 0.29) is 18.2 Å². The monoisotopic (exact) mass is 577 g/mol. The highest BCUT2D eigenvalue weighted by atomic mass is 35.5. The maximum absolute atomic E-state index is 13.0. The van der Waals surface area contributed by atoms with Crippen LogP contribution in [-0.2, 0) is 20.6 Å². The molecule has 0 saturated heterocycles. The molecule has 214 valence electrons. The molecule has 2 heterocycles. The van der Waals surface area contributed by atoms with Crippen molar-refractivity contribution in [2.24, 2.45) is 14.1 Å². The number of pyridine rings is 1. The smallest absolute Gasteiger partial charge is 0.330 e. The Morgan fingerprint density at radius 1 is 1.07 bits per heavy atom. The maximum Gasteiger partial charge on any atom is 0.330 e. The van der Waals surface area contributed by atoms with E-state index < -0.39 is 17.2 Å². The molecule has 0 saturated carbocycles. The average Bonchev–Trinajstić information content (AvgIpc) is 2.97. The summed E-state index contributed by atoms with van der Waals surface area (Å²) in [6.45, 7) is 4.23. The summed E-state index contributed by atoms with van der Waals surface area (Å²) in [5.74, 6) is -0.174. The molecule has 3 N–H and O–H groups in total. The lowest BCUT2D eigenvalue weighted by Crippen LogP contribution is -2.40. The Balaban J connectivity index is 1.68. The zero-order valence-electron chi connectivity index (χ0n) is 23.5. The number of ether oxygens (including phenoxy) is 1. The minimum absolute atomic E-state index is 0.0200. The van der Waals surface area contributed by atoms with Gasteiger partial charge in [-0.15, -0.1) is 0 Å². The molecule has 10 nitrogen and oxygen atoms in total. The number of hydrogen-bond acceptors (Lipinski definition) is 7. The summed E-state index contributed by atoms with van der Waals surface area (Å²) in [5, 5.41) is 15.8. The molecule has 1 unspecified atom stereocenters. The standard InChI is InChI=1S/C30H32ClN5O5/c1-17(16-37)32-14-19-12-13-25(34-28(19)41-5)22-10-6-9-21(26(22)31)20-8-7-11-24(18(20)2)33-27(38)23-15-35(3)30(40)36(4)29(23)39/h6-13,15,17,32,37H,14,16H2,1-5H3,(H,33,38). The van der Waals surface area contributed by atoms with Gasteiger partial charge in [0.05, 0.1) is 24.4 Å². The summed E-state index contributed by atoms with van der Waals surface area (Å²) in [6, 6.07) is 14.8. The van der Waals surface area contributed by atoms with Crippen molar-refractivity contribution < 1.29 is 14.6 Å². The van der Waals surface area contributed by atoms with E-state index in [9.17, 15) is 19.5 Å². The summed E-state index contributed by atoms with van der Waals surface area (Å²) < 4.78 is 7.61. The van der Waals surface area contributed by atoms with Crippen molar-refractivity contribution in [2.75, 3.05) is 19.0 Å². The summed E-state index contributed by atoms with van der Waals surface area (Å²) in [4.78, 5) is 42.3. The minimum atomic E-state index is -0.678. The summed E-state index contributed by atoms with van der Waals surface area (Å²) >= 11 is 6.95. The van der Waals surface area contributed by atoms with Gasteiger partial charge in [-0.2, -0.15) is 0 Å². The molecule has 0 aliphatic rings. The van der Waals surface area contributed by atoms with E-state index in [1.165, 1.54) is 24.9 Å². The lowest BCUT2D eigenvalue weighted by atomic mass is 9.96. The van der Waals surface area contributed by atoms with E-state index >= 15 is 0 Å². The van der Waals surface area contributed by atoms with Gasteiger partial charge in [0.1, 0.15) is 5.56 Å². The molecule has 2 aromatic carbocycles. The van der Waals surface area contributed by atoms with Crippen LogP contribution in [0.15, 0.2) is 64.3 Å². The third-order valence-electron chi connectivity index (χ3n) is 6.89. The Bertz CT molecular complexity index is 1730. The number of hydrogen-bond donors (Lipinski definition) is 3. The van der Waals surface area contributed by atoms with E-state index in [1.54, 1.807) is 19.2 Å². The Morgan fingerprint density at radius 2 is 1.76 bits per heavy atom. The van der Waals surface area contributed by atoms with E-state index in [0.717, 1.165) is 26.8 Å². The molecule has 0 aliphatic carbocycles. The molecule has 41 heavy (non-hydrogen) atoms. The number of carbonyl (C=O) groups is 1. The minimum Gasteiger partial charge on any atom is -0.481 e. The number of aliphatic hydroxyl groups is 1. The van der Waals surface area contributed by atoms with Crippen LogP contribution in [-0.4, -0.2) is 44.9 Å². The molecule has 4 aromatic rings. The van der Waals surface area contributed by atoms with Crippen LogP contribution in [0.3, 0.4) is 0 Å². The fraction of sp³-hybridized carbons (Fsp3) is 0.267. The fourth-order valence-corrected chi connectivity index (χ4v) is 4.76. The van der Waals surface area contributed by atoms with Gasteiger partial charge >= 0.3 is 5.69 Å². The second-order valence-electron chi connectivity index (χ2n) is 9.73. The molecule has 1 atom stereocenters. The van der Waals surface area contributed by atoms with E-state index in [1.807, 2.05) is 50.2 Å². The lowest BCUT2D eigenvalue weighted by molar-refractivity contribution is 0.102. The normalized spacial score (nSPS) is 11.8. The number of aromatic nitrogens is 3. The van der Waals surface area contributed by atoms with Crippen LogP contribution in [0, 0.1) is 6.92 Å². The summed E-state index contributed by atoms with van der Waals surface area (Å²) in [5.41, 5.74) is 3.59. The predicted molar refractivity (Wildman–Crippen MR) is 160 cm³/mol. The highest BCUT2D eigenvalue weighted by Gasteiger charge is 2.19. The van der Waals surface area contributed by atoms with Crippen LogP contribution in [0.1, 0.15) is 28.4 Å². The Labute approximate surface area is 242 Å². The number of halogens is 1. The first kappa shape index (κ1) is 29.7. The van der Waals surface area contributed by atoms with Gasteiger partial charge in [-0.25, -0.2) is 9.78 Å². The molecular weight excluding hydrogens is 546 g/mol. The zero-order valence-corrected chi connectivity index (χ0v) is 24.2. The third kappa shape index (κ3) is 6.09. The lowest BCUT2D eigenvalue weighted by Gasteiger charge is -2.16. The SMILES string of the molecule is COc1nc(-c2cccc(-c3cccc(NC(=O)c4cn(C)c(=O)n(C)c4=O)c3C)c2Cl)ccc1CNC(C)CO. The van der Waals surface area contributed by atoms with Gasteiger partial charge in [0.25, 0.3) is 11.5 Å². The number of aliphatic hydroxyl groups excluding tert-OH is 1. The zero-order chi connectivity index (χ0) is 29.8. The van der Waals surface area contributed by atoms with Crippen LogP contribution in [0.4, 0.5) is 5.69 Å². The van der Waals surface area contributed by atoms with E-state index in [2.05, 4.69) is 15.6 Å². The number of amides is 1. The highest BCUT2D eigenvalue weighted by molar-refractivity contribution is 6.36. The fourth-order valence-electron chi connectivity index (χ4n) is 4.43. The molecule has 4 rings (SSSR count). The van der Waals surface area contributed by atoms with Crippen LogP contribution in [0.25, 0.3) is 22.4 Å². The Morgan fingerprint density at radius 3 is 2.46 bits per heavy atom. The van der Waals surface area contributed by atoms with Gasteiger partial charge in [-0.05, 0) is 37.1 Å². The van der Waals surface area contributed by atoms with Crippen LogP contribution in [0.2, 0.25) is 5.02 Å². The van der Waals surface area contributed by atoms with Gasteiger partial charge < -0.3 is 25.0 Å². The molecule has 0 radical (unpaired) electrons. The van der Waals surface area contributed by atoms with Gasteiger partial charge in [0.15, 0.2) is 0 Å². The summed E-state index contributed by atoms with van der Waals surface area (Å²) in [6.07, 6.45) is 1.23. The highest BCUT2D eigenvalue weighted by Crippen LogP contribution is 2.39. The van der Waals surface area contributed by atoms with Crippen molar-refractivity contribution in [3.8, 4) is 28.3 Å². The van der Waals surface area contributed by atoms with Crippen LogP contribution < -0.4 is 26.6 Å². The topological polar surface area (TPSA) is 127 Å². The molecule has 0 fully saturated rings. The molecule has 1 amide bonds. The largest absolute Gasteiger partial charge is 0.481 e. The Hall–Kier alpha value is -4.25. The number of rotatable bonds is 9. The van der Waals surface area contributed by atoms with Crippen molar-refractivity contribution in [3.05, 3.63) is 97.3 Å². The van der Waals surface area contributed by atoms with Crippen LogP contribution in [0.5, 0.6) is 5.88 Å². The maximum atomic E-state index is 13.0. The van der Waals surface area contributed by atoms with Crippen molar-refractivity contribution in [2.45, 2.75) is 26.4 Å². The first-order valence-electron chi connectivity index (χ1n) is 12.9.